The van der Waals surface area contributed by atoms with Gasteiger partial charge in [0.25, 0.3) is 0 Å². The van der Waals surface area contributed by atoms with Crippen LogP contribution in [-0.4, -0.2) is 23.5 Å². The lowest BCUT2D eigenvalue weighted by atomic mass is 10.2. The van der Waals surface area contributed by atoms with Gasteiger partial charge in [0.05, 0.1) is 6.61 Å². The van der Waals surface area contributed by atoms with Crippen molar-refractivity contribution in [2.75, 3.05) is 14.2 Å². The van der Waals surface area contributed by atoms with Crippen LogP contribution in [0.2, 0.25) is 0 Å². The summed E-state index contributed by atoms with van der Waals surface area (Å²) in [4.78, 5) is 5.48. The number of nitrogens with one attached hydrogen (secondary N) is 1. The Morgan fingerprint density at radius 1 is 1.38 bits per heavy atom. The third-order valence-electron chi connectivity index (χ3n) is 3.09. The van der Waals surface area contributed by atoms with Crippen LogP contribution in [0.4, 0.5) is 0 Å². The normalized spacial score (nSPS) is 11.1. The van der Waals surface area contributed by atoms with E-state index in [2.05, 4.69) is 14.7 Å². The maximum Gasteiger partial charge on any atom is 0.243 e. The summed E-state index contributed by atoms with van der Waals surface area (Å²) in [7, 11) is 3.59. The molecule has 0 radical (unpaired) electrons. The number of nitrogens with zero attached hydrogens (tertiary/aromatic N) is 2. The lowest BCUT2D eigenvalue weighted by Crippen LogP contribution is -2.08. The first-order valence-electron chi connectivity index (χ1n) is 6.66. The topological polar surface area (TPSA) is 47.8 Å². The van der Waals surface area contributed by atoms with E-state index >= 15 is 0 Å². The number of aromatic nitrogens is 2. The maximum absolute atomic E-state index is 5.97. The van der Waals surface area contributed by atoms with Gasteiger partial charge in [0, 0.05) is 25.2 Å². The molecule has 0 atom stereocenters. The Bertz CT molecular complexity index is 735. The van der Waals surface area contributed by atoms with Crippen LogP contribution < -0.4 is 10.1 Å². The molecule has 1 N–H and O–H groups in total. The molecule has 1 aromatic carbocycles. The van der Waals surface area contributed by atoms with E-state index in [1.807, 2.05) is 42.9 Å². The molecule has 0 saturated heterocycles. The molecule has 0 unspecified atom stereocenters. The van der Waals surface area contributed by atoms with Gasteiger partial charge in [-0.05, 0) is 24.7 Å². The molecule has 0 fully saturated rings. The fraction of sp³-hybridized carbons (Fsp3) is 0.267. The molecule has 0 aliphatic carbocycles. The molecule has 2 aromatic heterocycles. The Balaban J connectivity index is 1.91. The number of hydrogen-bond donors (Lipinski definition) is 1. The van der Waals surface area contributed by atoms with Crippen molar-refractivity contribution in [3.05, 3.63) is 47.1 Å². The van der Waals surface area contributed by atoms with Crippen LogP contribution in [0.1, 0.15) is 11.3 Å². The largest absolute Gasteiger partial charge is 0.437 e. The molecule has 3 aromatic rings. The molecule has 6 heteroatoms. The smallest absolute Gasteiger partial charge is 0.243 e. The van der Waals surface area contributed by atoms with Crippen LogP contribution in [-0.2, 0) is 17.9 Å². The predicted molar refractivity (Wildman–Crippen MR) is 83.1 cm³/mol. The van der Waals surface area contributed by atoms with Crippen molar-refractivity contribution in [3.63, 3.8) is 0 Å². The van der Waals surface area contributed by atoms with Gasteiger partial charge in [0.2, 0.25) is 5.88 Å². The van der Waals surface area contributed by atoms with Gasteiger partial charge in [-0.2, -0.15) is 4.98 Å². The van der Waals surface area contributed by atoms with Crippen molar-refractivity contribution in [1.29, 1.82) is 0 Å². The first-order valence-corrected chi connectivity index (χ1v) is 7.54. The van der Waals surface area contributed by atoms with Gasteiger partial charge in [-0.1, -0.05) is 12.1 Å². The molecular formula is C15H17N3O2S. The van der Waals surface area contributed by atoms with Crippen molar-refractivity contribution in [2.45, 2.75) is 13.2 Å². The van der Waals surface area contributed by atoms with Gasteiger partial charge in [-0.15, -0.1) is 11.3 Å². The van der Waals surface area contributed by atoms with Gasteiger partial charge >= 0.3 is 0 Å². The van der Waals surface area contributed by atoms with E-state index in [1.54, 1.807) is 18.4 Å². The van der Waals surface area contributed by atoms with Crippen molar-refractivity contribution >= 4 is 16.3 Å². The van der Waals surface area contributed by atoms with E-state index in [0.717, 1.165) is 22.0 Å². The average Bonchev–Trinajstić information content (AvgIpc) is 3.03. The third-order valence-corrected chi connectivity index (χ3v) is 3.85. The standard InChI is InChI=1S/C15H17N3O2S/c1-16-9-13-14(17-15-18(13)6-7-21-15)20-12-5-3-4-11(8-12)10-19-2/h3-8,16H,9-10H2,1-2H3. The van der Waals surface area contributed by atoms with Gasteiger partial charge < -0.3 is 14.8 Å². The maximum atomic E-state index is 5.97. The number of thiazole rings is 1. The first kappa shape index (κ1) is 14.1. The zero-order valence-corrected chi connectivity index (χ0v) is 12.8. The number of fused-ring (bicyclic) bond motifs is 1. The molecule has 0 aliphatic rings. The quantitative estimate of drug-likeness (QED) is 0.760. The molecule has 0 saturated carbocycles. The lowest BCUT2D eigenvalue weighted by Gasteiger charge is -2.07. The van der Waals surface area contributed by atoms with Crippen molar-refractivity contribution in [3.8, 4) is 11.6 Å². The third kappa shape index (κ3) is 2.92. The van der Waals surface area contributed by atoms with Crippen LogP contribution >= 0.6 is 11.3 Å². The minimum Gasteiger partial charge on any atom is -0.437 e. The molecule has 0 spiro atoms. The lowest BCUT2D eigenvalue weighted by molar-refractivity contribution is 0.184. The SMILES string of the molecule is CNCc1c(Oc2cccc(COC)c2)nc2sccn12. The molecule has 0 amide bonds. The highest BCUT2D eigenvalue weighted by Gasteiger charge is 2.14. The van der Waals surface area contributed by atoms with Gasteiger partial charge in [0.15, 0.2) is 4.96 Å². The molecule has 2 heterocycles. The summed E-state index contributed by atoms with van der Waals surface area (Å²) in [5.74, 6) is 1.42. The molecule has 21 heavy (non-hydrogen) atoms. The van der Waals surface area contributed by atoms with E-state index in [9.17, 15) is 0 Å². The minimum atomic E-state index is 0.568. The van der Waals surface area contributed by atoms with E-state index in [0.29, 0.717) is 19.0 Å². The van der Waals surface area contributed by atoms with Crippen molar-refractivity contribution in [1.82, 2.24) is 14.7 Å². The fourth-order valence-corrected chi connectivity index (χ4v) is 2.92. The van der Waals surface area contributed by atoms with Gasteiger partial charge in [0.1, 0.15) is 11.4 Å². The predicted octanol–water partition coefficient (Wildman–Crippen LogP) is 3.05. The summed E-state index contributed by atoms with van der Waals surface area (Å²) in [5.41, 5.74) is 2.09. The summed E-state index contributed by atoms with van der Waals surface area (Å²) in [6, 6.07) is 7.87. The van der Waals surface area contributed by atoms with Crippen molar-refractivity contribution < 1.29 is 9.47 Å². The summed E-state index contributed by atoms with van der Waals surface area (Å²) >= 11 is 1.59. The van der Waals surface area contributed by atoms with Crippen LogP contribution in [0, 0.1) is 0 Å². The fourth-order valence-electron chi connectivity index (χ4n) is 2.20. The van der Waals surface area contributed by atoms with Crippen LogP contribution in [0.3, 0.4) is 0 Å². The van der Waals surface area contributed by atoms with Crippen molar-refractivity contribution in [2.24, 2.45) is 0 Å². The highest BCUT2D eigenvalue weighted by molar-refractivity contribution is 7.15. The molecular weight excluding hydrogens is 286 g/mol. The minimum absolute atomic E-state index is 0.568. The number of ether oxygens (including phenoxy) is 2. The Labute approximate surface area is 127 Å². The van der Waals surface area contributed by atoms with Gasteiger partial charge in [-0.25, -0.2) is 0 Å². The number of hydrogen-bond acceptors (Lipinski definition) is 5. The zero-order chi connectivity index (χ0) is 14.7. The van der Waals surface area contributed by atoms with Crippen LogP contribution in [0.5, 0.6) is 11.6 Å². The number of benzene rings is 1. The Hall–Kier alpha value is -1.89. The number of rotatable bonds is 6. The summed E-state index contributed by atoms with van der Waals surface area (Å²) in [6.45, 7) is 1.27. The average molecular weight is 303 g/mol. The van der Waals surface area contributed by atoms with E-state index in [4.69, 9.17) is 9.47 Å². The number of imidazole rings is 1. The van der Waals surface area contributed by atoms with E-state index < -0.39 is 0 Å². The van der Waals surface area contributed by atoms with E-state index in [-0.39, 0.29) is 0 Å². The Kier molecular flexibility index (Phi) is 4.19. The second kappa shape index (κ2) is 6.26. The molecule has 110 valence electrons. The van der Waals surface area contributed by atoms with Crippen LogP contribution in [0.25, 0.3) is 4.96 Å². The zero-order valence-electron chi connectivity index (χ0n) is 12.0. The van der Waals surface area contributed by atoms with E-state index in [1.165, 1.54) is 0 Å². The van der Waals surface area contributed by atoms with Gasteiger partial charge in [-0.3, -0.25) is 4.40 Å². The highest BCUT2D eigenvalue weighted by Crippen LogP contribution is 2.28. The summed E-state index contributed by atoms with van der Waals surface area (Å²) in [5, 5.41) is 5.17. The highest BCUT2D eigenvalue weighted by atomic mass is 32.1. The Morgan fingerprint density at radius 2 is 2.29 bits per heavy atom. The summed E-state index contributed by atoms with van der Waals surface area (Å²) < 4.78 is 13.2. The monoisotopic (exact) mass is 303 g/mol. The molecule has 5 nitrogen and oxygen atoms in total. The molecule has 0 aliphatic heterocycles. The summed E-state index contributed by atoms with van der Waals surface area (Å²) in [6.07, 6.45) is 2.01. The second-order valence-electron chi connectivity index (χ2n) is 4.63. The first-order chi connectivity index (χ1) is 10.3. The molecule has 0 bridgehead atoms. The molecule has 3 rings (SSSR count). The van der Waals surface area contributed by atoms with Crippen LogP contribution in [0.15, 0.2) is 35.8 Å². The number of methoxy groups -OCH3 is 1. The second-order valence-corrected chi connectivity index (χ2v) is 5.51. The Morgan fingerprint density at radius 3 is 3.10 bits per heavy atom.